The topological polar surface area (TPSA) is 12.0 Å². The van der Waals surface area contributed by atoms with Crippen LogP contribution >= 0.6 is 11.9 Å². The van der Waals surface area contributed by atoms with Crippen LogP contribution in [0.25, 0.3) is 0 Å². The highest BCUT2D eigenvalue weighted by Gasteiger charge is 2.18. The molecule has 0 saturated heterocycles. The second-order valence-electron chi connectivity index (χ2n) is 2.46. The van der Waals surface area contributed by atoms with Crippen LogP contribution in [0.15, 0.2) is 0 Å². The standard InChI is InChI=1S/C7H17NS/c1-5-7(3,6-2)9-8-4/h8H,5-6H2,1-4H3. The quantitative estimate of drug-likeness (QED) is 0.613. The zero-order valence-electron chi connectivity index (χ0n) is 6.82. The summed E-state index contributed by atoms with van der Waals surface area (Å²) in [5.74, 6) is 0. The van der Waals surface area contributed by atoms with E-state index in [2.05, 4.69) is 25.5 Å². The van der Waals surface area contributed by atoms with E-state index in [4.69, 9.17) is 0 Å². The normalized spacial score (nSPS) is 12.0. The third-order valence-corrected chi connectivity index (χ3v) is 3.12. The summed E-state index contributed by atoms with van der Waals surface area (Å²) in [6.45, 7) is 6.75. The Morgan fingerprint density at radius 1 is 1.33 bits per heavy atom. The van der Waals surface area contributed by atoms with E-state index in [0.717, 1.165) is 0 Å². The van der Waals surface area contributed by atoms with Crippen LogP contribution in [-0.2, 0) is 0 Å². The zero-order chi connectivity index (χ0) is 7.33. The molecule has 1 N–H and O–H groups in total. The molecule has 0 rings (SSSR count). The summed E-state index contributed by atoms with van der Waals surface area (Å²) in [4.78, 5) is 0. The molecular weight excluding hydrogens is 130 g/mol. The molecule has 0 aliphatic heterocycles. The first-order valence-electron chi connectivity index (χ1n) is 3.53. The molecule has 0 saturated carbocycles. The van der Waals surface area contributed by atoms with Crippen LogP contribution in [-0.4, -0.2) is 11.8 Å². The lowest BCUT2D eigenvalue weighted by Gasteiger charge is -2.24. The second-order valence-corrected chi connectivity index (χ2v) is 4.06. The van der Waals surface area contributed by atoms with Gasteiger partial charge in [-0.25, -0.2) is 0 Å². The molecule has 0 heterocycles. The summed E-state index contributed by atoms with van der Waals surface area (Å²) in [5, 5.41) is 0. The maximum atomic E-state index is 3.13. The van der Waals surface area contributed by atoms with Crippen LogP contribution in [0, 0.1) is 0 Å². The molecule has 0 fully saturated rings. The van der Waals surface area contributed by atoms with E-state index >= 15 is 0 Å². The Hall–Kier alpha value is 0.310. The van der Waals surface area contributed by atoms with Gasteiger partial charge in [0, 0.05) is 4.75 Å². The molecule has 0 bridgehead atoms. The highest BCUT2D eigenvalue weighted by Crippen LogP contribution is 2.28. The Labute approximate surface area is 62.7 Å². The van der Waals surface area contributed by atoms with Crippen LogP contribution in [0.1, 0.15) is 33.6 Å². The van der Waals surface area contributed by atoms with Gasteiger partial charge >= 0.3 is 0 Å². The fraction of sp³-hybridized carbons (Fsp3) is 1.00. The Balaban J connectivity index is 3.62. The summed E-state index contributed by atoms with van der Waals surface area (Å²) in [5.41, 5.74) is 0. The van der Waals surface area contributed by atoms with Crippen LogP contribution < -0.4 is 4.72 Å². The number of hydrogen-bond donors (Lipinski definition) is 1. The Morgan fingerprint density at radius 3 is 1.89 bits per heavy atom. The van der Waals surface area contributed by atoms with Crippen LogP contribution in [0.3, 0.4) is 0 Å². The first kappa shape index (κ1) is 9.31. The molecule has 2 heteroatoms. The molecule has 0 aliphatic rings. The lowest BCUT2D eigenvalue weighted by atomic mass is 10.1. The zero-order valence-corrected chi connectivity index (χ0v) is 7.64. The highest BCUT2D eigenvalue weighted by molar-refractivity contribution is 7.98. The molecule has 0 spiro atoms. The lowest BCUT2D eigenvalue weighted by Crippen LogP contribution is -2.21. The monoisotopic (exact) mass is 147 g/mol. The SMILES string of the molecule is CCC(C)(CC)SNC. The van der Waals surface area contributed by atoms with Crippen molar-refractivity contribution in [2.45, 2.75) is 38.4 Å². The predicted octanol–water partition coefficient (Wildman–Crippen LogP) is 2.43. The fourth-order valence-electron chi connectivity index (χ4n) is 0.641. The third kappa shape index (κ3) is 3.11. The van der Waals surface area contributed by atoms with E-state index in [0.29, 0.717) is 4.75 Å². The molecule has 0 amide bonds. The van der Waals surface area contributed by atoms with Gasteiger partial charge in [-0.05, 0) is 26.8 Å². The summed E-state index contributed by atoms with van der Waals surface area (Å²) < 4.78 is 3.57. The van der Waals surface area contributed by atoms with Crippen molar-refractivity contribution in [3.63, 3.8) is 0 Å². The van der Waals surface area contributed by atoms with Gasteiger partial charge in [0.25, 0.3) is 0 Å². The van der Waals surface area contributed by atoms with Gasteiger partial charge in [0.1, 0.15) is 0 Å². The average Bonchev–Trinajstić information content (AvgIpc) is 1.89. The van der Waals surface area contributed by atoms with E-state index in [1.54, 1.807) is 0 Å². The maximum Gasteiger partial charge on any atom is 0.0271 e. The van der Waals surface area contributed by atoms with Gasteiger partial charge in [-0.2, -0.15) is 0 Å². The van der Waals surface area contributed by atoms with Crippen molar-refractivity contribution in [1.29, 1.82) is 0 Å². The van der Waals surface area contributed by atoms with Gasteiger partial charge in [0.2, 0.25) is 0 Å². The maximum absolute atomic E-state index is 3.13. The smallest absolute Gasteiger partial charge is 0.0271 e. The second kappa shape index (κ2) is 4.18. The summed E-state index contributed by atoms with van der Waals surface area (Å²) in [6.07, 6.45) is 2.46. The number of rotatable bonds is 4. The van der Waals surface area contributed by atoms with Crippen LogP contribution in [0.5, 0.6) is 0 Å². The summed E-state index contributed by atoms with van der Waals surface area (Å²) in [7, 11) is 1.98. The van der Waals surface area contributed by atoms with E-state index in [-0.39, 0.29) is 0 Å². The summed E-state index contributed by atoms with van der Waals surface area (Å²) >= 11 is 1.83. The molecule has 0 atom stereocenters. The Morgan fingerprint density at radius 2 is 1.78 bits per heavy atom. The van der Waals surface area contributed by atoms with Crippen molar-refractivity contribution in [1.82, 2.24) is 4.72 Å². The van der Waals surface area contributed by atoms with Gasteiger partial charge in [-0.1, -0.05) is 25.8 Å². The molecule has 56 valence electrons. The van der Waals surface area contributed by atoms with E-state index < -0.39 is 0 Å². The van der Waals surface area contributed by atoms with Crippen molar-refractivity contribution >= 4 is 11.9 Å². The molecule has 0 radical (unpaired) electrons. The Bertz CT molecular complexity index is 69.3. The van der Waals surface area contributed by atoms with Crippen molar-refractivity contribution in [3.05, 3.63) is 0 Å². The van der Waals surface area contributed by atoms with Crippen molar-refractivity contribution in [2.75, 3.05) is 7.05 Å². The predicted molar refractivity (Wildman–Crippen MR) is 45.6 cm³/mol. The Kier molecular flexibility index (Phi) is 4.32. The van der Waals surface area contributed by atoms with E-state index in [1.807, 2.05) is 19.0 Å². The minimum atomic E-state index is 0.439. The lowest BCUT2D eigenvalue weighted by molar-refractivity contribution is 0.597. The molecule has 0 aromatic rings. The first-order valence-corrected chi connectivity index (χ1v) is 4.35. The summed E-state index contributed by atoms with van der Waals surface area (Å²) in [6, 6.07) is 0. The van der Waals surface area contributed by atoms with Gasteiger partial charge in [0.05, 0.1) is 0 Å². The third-order valence-electron chi connectivity index (χ3n) is 1.84. The van der Waals surface area contributed by atoms with Gasteiger partial charge in [-0.3, -0.25) is 4.72 Å². The molecule has 0 aromatic carbocycles. The van der Waals surface area contributed by atoms with Gasteiger partial charge in [0.15, 0.2) is 0 Å². The van der Waals surface area contributed by atoms with Crippen molar-refractivity contribution < 1.29 is 0 Å². The fourth-order valence-corrected chi connectivity index (χ4v) is 1.42. The van der Waals surface area contributed by atoms with Crippen molar-refractivity contribution in [2.24, 2.45) is 0 Å². The van der Waals surface area contributed by atoms with E-state index in [1.165, 1.54) is 12.8 Å². The average molecular weight is 147 g/mol. The molecule has 1 nitrogen and oxygen atoms in total. The van der Waals surface area contributed by atoms with Crippen LogP contribution in [0.2, 0.25) is 0 Å². The van der Waals surface area contributed by atoms with Gasteiger partial charge in [-0.15, -0.1) is 0 Å². The first-order chi connectivity index (χ1) is 4.18. The highest BCUT2D eigenvalue weighted by atomic mass is 32.2. The molecular formula is C7H17NS. The molecule has 0 aliphatic carbocycles. The van der Waals surface area contributed by atoms with E-state index in [9.17, 15) is 0 Å². The van der Waals surface area contributed by atoms with Crippen LogP contribution in [0.4, 0.5) is 0 Å². The molecule has 9 heavy (non-hydrogen) atoms. The van der Waals surface area contributed by atoms with Crippen molar-refractivity contribution in [3.8, 4) is 0 Å². The minimum Gasteiger partial charge on any atom is -0.267 e. The number of nitrogens with one attached hydrogen (secondary N) is 1. The molecule has 0 unspecified atom stereocenters. The minimum absolute atomic E-state index is 0.439. The molecule has 0 aromatic heterocycles. The largest absolute Gasteiger partial charge is 0.267 e. The van der Waals surface area contributed by atoms with Gasteiger partial charge < -0.3 is 0 Å². The number of hydrogen-bond acceptors (Lipinski definition) is 2.